The summed E-state index contributed by atoms with van der Waals surface area (Å²) in [7, 11) is 0. The second kappa shape index (κ2) is 6.87. The number of nitrogens with zero attached hydrogens (tertiary/aromatic N) is 2. The molecule has 0 aromatic carbocycles. The number of carbonyl (C=O) groups excluding carboxylic acids is 1. The van der Waals surface area contributed by atoms with E-state index in [1.807, 2.05) is 13.8 Å². The summed E-state index contributed by atoms with van der Waals surface area (Å²) in [5, 5.41) is 2.92. The summed E-state index contributed by atoms with van der Waals surface area (Å²) in [6.07, 6.45) is 4.46. The Labute approximate surface area is 125 Å². The molecule has 4 nitrogen and oxygen atoms in total. The van der Waals surface area contributed by atoms with Crippen LogP contribution in [0, 0.1) is 11.7 Å². The lowest BCUT2D eigenvalue weighted by Crippen LogP contribution is -2.46. The number of aromatic nitrogens is 1. The third kappa shape index (κ3) is 3.34. The molecule has 2 atom stereocenters. The van der Waals surface area contributed by atoms with E-state index >= 15 is 0 Å². The molecule has 5 heteroatoms. The van der Waals surface area contributed by atoms with E-state index in [4.69, 9.17) is 0 Å². The minimum Gasteiger partial charge on any atom is -0.368 e. The molecule has 2 rings (SSSR count). The van der Waals surface area contributed by atoms with Gasteiger partial charge in [0, 0.05) is 25.3 Å². The Morgan fingerprint density at radius 3 is 3.00 bits per heavy atom. The second-order valence-electron chi connectivity index (χ2n) is 5.81. The van der Waals surface area contributed by atoms with Crippen molar-refractivity contribution in [1.29, 1.82) is 0 Å². The van der Waals surface area contributed by atoms with E-state index in [9.17, 15) is 9.18 Å². The van der Waals surface area contributed by atoms with Gasteiger partial charge in [-0.1, -0.05) is 13.8 Å². The molecule has 1 aromatic heterocycles. The lowest BCUT2D eigenvalue weighted by atomic mass is 9.91. The quantitative estimate of drug-likeness (QED) is 0.926. The fourth-order valence-corrected chi connectivity index (χ4v) is 2.75. The minimum atomic E-state index is -0.540. The maximum absolute atomic E-state index is 14.5. The maximum atomic E-state index is 14.5. The van der Waals surface area contributed by atoms with Crippen molar-refractivity contribution in [2.45, 2.75) is 46.1 Å². The molecule has 0 radical (unpaired) electrons. The molecule has 2 heterocycles. The summed E-state index contributed by atoms with van der Waals surface area (Å²) < 4.78 is 14.5. The van der Waals surface area contributed by atoms with Crippen molar-refractivity contribution in [3.63, 3.8) is 0 Å². The van der Waals surface area contributed by atoms with E-state index in [1.165, 1.54) is 12.3 Å². The highest BCUT2D eigenvalue weighted by Crippen LogP contribution is 2.26. The highest BCUT2D eigenvalue weighted by Gasteiger charge is 2.30. The van der Waals surface area contributed by atoms with Crippen LogP contribution in [0.2, 0.25) is 0 Å². The molecule has 1 amide bonds. The van der Waals surface area contributed by atoms with Crippen molar-refractivity contribution >= 4 is 11.7 Å². The summed E-state index contributed by atoms with van der Waals surface area (Å²) in [5.74, 6) is -0.152. The van der Waals surface area contributed by atoms with Gasteiger partial charge in [0.15, 0.2) is 11.6 Å². The molecular weight excluding hydrogens is 269 g/mol. The van der Waals surface area contributed by atoms with Gasteiger partial charge in [0.25, 0.3) is 5.91 Å². The summed E-state index contributed by atoms with van der Waals surface area (Å²) in [5.41, 5.74) is 0.115. The Bertz CT molecular complexity index is 506. The zero-order chi connectivity index (χ0) is 15.4. The van der Waals surface area contributed by atoms with Gasteiger partial charge in [0.05, 0.1) is 5.56 Å². The Kier molecular flexibility index (Phi) is 5.15. The van der Waals surface area contributed by atoms with Crippen molar-refractivity contribution < 1.29 is 9.18 Å². The number of amides is 1. The largest absolute Gasteiger partial charge is 0.368 e. The third-order valence-corrected chi connectivity index (χ3v) is 4.30. The highest BCUT2D eigenvalue weighted by atomic mass is 19.1. The fraction of sp³-hybridized carbons (Fsp3) is 0.625. The number of piperidine rings is 1. The molecule has 1 aromatic rings. The Morgan fingerprint density at radius 1 is 1.52 bits per heavy atom. The number of carbonyl (C=O) groups is 1. The predicted octanol–water partition coefficient (Wildman–Crippen LogP) is 3.30. The highest BCUT2D eigenvalue weighted by molar-refractivity contribution is 5.95. The molecule has 2 unspecified atom stereocenters. The molecule has 0 saturated carbocycles. The molecule has 116 valence electrons. The molecule has 1 N–H and O–H groups in total. The summed E-state index contributed by atoms with van der Waals surface area (Å²) in [6.45, 7) is 7.51. The van der Waals surface area contributed by atoms with E-state index in [1.54, 1.807) is 4.90 Å². The van der Waals surface area contributed by atoms with Gasteiger partial charge in [-0.05, 0) is 38.2 Å². The number of nitrogens with one attached hydrogen (secondary N) is 1. The van der Waals surface area contributed by atoms with Crippen molar-refractivity contribution in [2.75, 3.05) is 18.4 Å². The van der Waals surface area contributed by atoms with Crippen LogP contribution in [0.3, 0.4) is 0 Å². The first kappa shape index (κ1) is 15.7. The van der Waals surface area contributed by atoms with Crippen LogP contribution in [0.4, 0.5) is 10.2 Å². The van der Waals surface area contributed by atoms with Gasteiger partial charge in [-0.2, -0.15) is 0 Å². The second-order valence-corrected chi connectivity index (χ2v) is 5.81. The molecular formula is C16H24FN3O. The van der Waals surface area contributed by atoms with Crippen LogP contribution in [-0.4, -0.2) is 34.9 Å². The smallest absolute Gasteiger partial charge is 0.257 e. The van der Waals surface area contributed by atoms with Gasteiger partial charge in [-0.25, -0.2) is 9.37 Å². The topological polar surface area (TPSA) is 45.2 Å². The molecule has 21 heavy (non-hydrogen) atoms. The van der Waals surface area contributed by atoms with E-state index in [2.05, 4.69) is 17.2 Å². The fourth-order valence-electron chi connectivity index (χ4n) is 2.75. The number of hydrogen-bond donors (Lipinski definition) is 1. The van der Waals surface area contributed by atoms with Gasteiger partial charge >= 0.3 is 0 Å². The average Bonchev–Trinajstić information content (AvgIpc) is 2.48. The predicted molar refractivity (Wildman–Crippen MR) is 81.9 cm³/mol. The van der Waals surface area contributed by atoms with Crippen molar-refractivity contribution in [2.24, 2.45) is 5.92 Å². The van der Waals surface area contributed by atoms with Crippen LogP contribution in [0.15, 0.2) is 12.3 Å². The van der Waals surface area contributed by atoms with E-state index in [0.29, 0.717) is 19.0 Å². The molecule has 1 aliphatic rings. The first-order valence-electron chi connectivity index (χ1n) is 7.75. The van der Waals surface area contributed by atoms with Gasteiger partial charge in [0.2, 0.25) is 0 Å². The van der Waals surface area contributed by atoms with Crippen LogP contribution in [0.5, 0.6) is 0 Å². The van der Waals surface area contributed by atoms with Crippen LogP contribution < -0.4 is 5.32 Å². The van der Waals surface area contributed by atoms with Crippen molar-refractivity contribution in [3.8, 4) is 0 Å². The van der Waals surface area contributed by atoms with Crippen molar-refractivity contribution in [3.05, 3.63) is 23.6 Å². The molecule has 1 fully saturated rings. The van der Waals surface area contributed by atoms with Crippen LogP contribution >= 0.6 is 0 Å². The molecule has 0 bridgehead atoms. The van der Waals surface area contributed by atoms with Gasteiger partial charge in [-0.15, -0.1) is 0 Å². The summed E-state index contributed by atoms with van der Waals surface area (Å²) in [4.78, 5) is 18.4. The number of anilines is 1. The lowest BCUT2D eigenvalue weighted by molar-refractivity contribution is 0.0546. The Balaban J connectivity index is 2.22. The first-order valence-corrected chi connectivity index (χ1v) is 7.75. The molecule has 0 spiro atoms. The minimum absolute atomic E-state index is 0.115. The van der Waals surface area contributed by atoms with E-state index in [-0.39, 0.29) is 23.3 Å². The number of likely N-dealkylation sites (tertiary alicyclic amines) is 1. The maximum Gasteiger partial charge on any atom is 0.257 e. The first-order chi connectivity index (χ1) is 10.1. The number of rotatable bonds is 4. The summed E-state index contributed by atoms with van der Waals surface area (Å²) in [6, 6.07) is 1.62. The third-order valence-electron chi connectivity index (χ3n) is 4.30. The Hall–Kier alpha value is -1.65. The van der Waals surface area contributed by atoms with Crippen LogP contribution in [0.1, 0.15) is 50.4 Å². The van der Waals surface area contributed by atoms with Gasteiger partial charge < -0.3 is 10.2 Å². The molecule has 0 aliphatic carbocycles. The van der Waals surface area contributed by atoms with E-state index in [0.717, 1.165) is 19.3 Å². The standard InChI is InChI=1S/C16H24FN3O/c1-4-8-18-15-14(17)13(7-9-19-15)16(21)20-10-5-6-11(2)12(20)3/h7,9,11-12H,4-6,8,10H2,1-3H3,(H,18,19). The normalized spacial score (nSPS) is 22.2. The zero-order valence-electron chi connectivity index (χ0n) is 13.0. The SMILES string of the molecule is CCCNc1nccc(C(=O)N2CCCC(C)C2C)c1F. The van der Waals surface area contributed by atoms with Crippen LogP contribution in [0.25, 0.3) is 0 Å². The van der Waals surface area contributed by atoms with E-state index < -0.39 is 5.82 Å². The Morgan fingerprint density at radius 2 is 2.29 bits per heavy atom. The molecule has 1 aliphatic heterocycles. The molecule has 1 saturated heterocycles. The summed E-state index contributed by atoms with van der Waals surface area (Å²) >= 11 is 0. The average molecular weight is 293 g/mol. The number of hydrogen-bond acceptors (Lipinski definition) is 3. The number of halogens is 1. The zero-order valence-corrected chi connectivity index (χ0v) is 13.0. The lowest BCUT2D eigenvalue weighted by Gasteiger charge is -2.38. The van der Waals surface area contributed by atoms with Crippen LogP contribution in [-0.2, 0) is 0 Å². The van der Waals surface area contributed by atoms with Gasteiger partial charge in [-0.3, -0.25) is 4.79 Å². The number of pyridine rings is 1. The monoisotopic (exact) mass is 293 g/mol. The van der Waals surface area contributed by atoms with Crippen molar-refractivity contribution in [1.82, 2.24) is 9.88 Å². The van der Waals surface area contributed by atoms with Gasteiger partial charge in [0.1, 0.15) is 0 Å².